The normalized spacial score (nSPS) is 18.0. The Morgan fingerprint density at radius 3 is 2.29 bits per heavy atom. The lowest BCUT2D eigenvalue weighted by atomic mass is 9.82. The van der Waals surface area contributed by atoms with Crippen molar-refractivity contribution in [2.24, 2.45) is 5.92 Å². The summed E-state index contributed by atoms with van der Waals surface area (Å²) in [6.45, 7) is 7.14. The van der Waals surface area contributed by atoms with Crippen LogP contribution in [0.1, 0.15) is 63.2 Å². The molecule has 0 heterocycles. The predicted molar refractivity (Wildman–Crippen MR) is 95.9 cm³/mol. The fraction of sp³-hybridized carbons (Fsp3) is 0.650. The number of aliphatic hydroxyl groups excluding tert-OH is 1. The number of aryl methyl sites for hydroxylation is 1. The van der Waals surface area contributed by atoms with Gasteiger partial charge in [-0.1, -0.05) is 49.1 Å². The smallest absolute Gasteiger partial charge is 0.410 e. The fourth-order valence-corrected chi connectivity index (χ4v) is 3.51. The molecule has 1 fully saturated rings. The van der Waals surface area contributed by atoms with E-state index in [1.165, 1.54) is 6.42 Å². The Bertz CT molecular complexity index is 504. The van der Waals surface area contributed by atoms with Crippen LogP contribution >= 0.6 is 0 Å². The second-order valence-corrected chi connectivity index (χ2v) is 6.77. The van der Waals surface area contributed by atoms with E-state index < -0.39 is 12.2 Å². The van der Waals surface area contributed by atoms with Crippen molar-refractivity contribution < 1.29 is 14.6 Å². The van der Waals surface area contributed by atoms with Crippen LogP contribution in [0, 0.1) is 12.8 Å². The third-order valence-corrected chi connectivity index (χ3v) is 5.10. The largest absolute Gasteiger partial charge is 0.443 e. The summed E-state index contributed by atoms with van der Waals surface area (Å²) in [5, 5.41) is 10.9. The minimum atomic E-state index is -0.770. The van der Waals surface area contributed by atoms with E-state index in [0.717, 1.165) is 36.8 Å². The van der Waals surface area contributed by atoms with Gasteiger partial charge >= 0.3 is 6.09 Å². The van der Waals surface area contributed by atoms with Crippen LogP contribution in [-0.2, 0) is 4.74 Å². The first-order valence-electron chi connectivity index (χ1n) is 9.27. The summed E-state index contributed by atoms with van der Waals surface area (Å²) in [4.78, 5) is 14.1. The molecule has 1 aromatic rings. The molecule has 0 aromatic heterocycles. The van der Waals surface area contributed by atoms with E-state index in [4.69, 9.17) is 4.74 Å². The lowest BCUT2D eigenvalue weighted by Gasteiger charge is -2.34. The molecule has 4 nitrogen and oxygen atoms in total. The van der Waals surface area contributed by atoms with Crippen molar-refractivity contribution in [3.05, 3.63) is 35.4 Å². The number of rotatable bonds is 6. The van der Waals surface area contributed by atoms with Gasteiger partial charge in [0, 0.05) is 13.1 Å². The summed E-state index contributed by atoms with van der Waals surface area (Å²) >= 11 is 0. The Morgan fingerprint density at radius 1 is 1.17 bits per heavy atom. The molecule has 4 heteroatoms. The molecule has 0 aliphatic heterocycles. The Kier molecular flexibility index (Phi) is 7.10. The summed E-state index contributed by atoms with van der Waals surface area (Å²) in [5.74, 6) is 0.231. The maximum absolute atomic E-state index is 12.4. The zero-order chi connectivity index (χ0) is 17.5. The first-order chi connectivity index (χ1) is 11.6. The number of carbonyl (C=O) groups excluding carboxylic acids is 1. The van der Waals surface area contributed by atoms with Crippen LogP contribution in [0.3, 0.4) is 0 Å². The van der Waals surface area contributed by atoms with Crippen molar-refractivity contribution in [2.45, 2.75) is 65.1 Å². The maximum Gasteiger partial charge on any atom is 0.410 e. The van der Waals surface area contributed by atoms with Gasteiger partial charge in [0.1, 0.15) is 12.2 Å². The van der Waals surface area contributed by atoms with Gasteiger partial charge in [-0.2, -0.15) is 0 Å². The molecule has 2 unspecified atom stereocenters. The topological polar surface area (TPSA) is 49.8 Å². The number of nitrogens with zero attached hydrogens (tertiary/aromatic N) is 1. The van der Waals surface area contributed by atoms with Gasteiger partial charge < -0.3 is 14.7 Å². The van der Waals surface area contributed by atoms with Gasteiger partial charge in [0.2, 0.25) is 0 Å². The maximum atomic E-state index is 12.4. The molecule has 1 aliphatic carbocycles. The molecule has 0 spiro atoms. The number of carbonyl (C=O) groups is 1. The lowest BCUT2D eigenvalue weighted by molar-refractivity contribution is -0.0496. The van der Waals surface area contributed by atoms with Gasteiger partial charge in [0.25, 0.3) is 0 Å². The average molecular weight is 333 g/mol. The van der Waals surface area contributed by atoms with Crippen LogP contribution in [-0.4, -0.2) is 35.3 Å². The molecule has 0 bridgehead atoms. The van der Waals surface area contributed by atoms with Gasteiger partial charge in [-0.15, -0.1) is 0 Å². The summed E-state index contributed by atoms with van der Waals surface area (Å²) in [7, 11) is 0. The van der Waals surface area contributed by atoms with Crippen LogP contribution in [0.5, 0.6) is 0 Å². The summed E-state index contributed by atoms with van der Waals surface area (Å²) < 4.78 is 5.82. The molecule has 1 aliphatic rings. The van der Waals surface area contributed by atoms with Crippen LogP contribution in [0.2, 0.25) is 0 Å². The molecule has 0 radical (unpaired) electrons. The van der Waals surface area contributed by atoms with Crippen LogP contribution < -0.4 is 0 Å². The van der Waals surface area contributed by atoms with E-state index in [1.807, 2.05) is 45.0 Å². The molecule has 134 valence electrons. The average Bonchev–Trinajstić information content (AvgIpc) is 2.61. The Morgan fingerprint density at radius 2 is 1.75 bits per heavy atom. The zero-order valence-electron chi connectivity index (χ0n) is 15.2. The second kappa shape index (κ2) is 9.07. The van der Waals surface area contributed by atoms with E-state index in [2.05, 4.69) is 0 Å². The summed E-state index contributed by atoms with van der Waals surface area (Å²) in [6, 6.07) is 7.84. The summed E-state index contributed by atoms with van der Waals surface area (Å²) in [5.41, 5.74) is 1.98. The first-order valence-corrected chi connectivity index (χ1v) is 9.27. The Hall–Kier alpha value is -1.55. The third-order valence-electron chi connectivity index (χ3n) is 5.10. The minimum absolute atomic E-state index is 0.231. The number of hydrogen-bond donors (Lipinski definition) is 1. The van der Waals surface area contributed by atoms with E-state index in [1.54, 1.807) is 4.90 Å². The standard InChI is InChI=1S/C20H31NO3/c1-4-21(5-2)20(23)24-19(17-9-7-6-8-10-17)18(22)16-13-11-15(3)12-14-16/h11-14,17-19,22H,4-10H2,1-3H3. The number of aliphatic hydroxyl groups is 1. The number of ether oxygens (including phenoxy) is 1. The predicted octanol–water partition coefficient (Wildman–Crippen LogP) is 4.46. The number of benzene rings is 1. The van der Waals surface area contributed by atoms with E-state index in [9.17, 15) is 9.90 Å². The van der Waals surface area contributed by atoms with Crippen LogP contribution in [0.15, 0.2) is 24.3 Å². The van der Waals surface area contributed by atoms with Crippen LogP contribution in [0.25, 0.3) is 0 Å². The highest BCUT2D eigenvalue weighted by molar-refractivity contribution is 5.67. The van der Waals surface area contributed by atoms with Crippen molar-refractivity contribution in [3.8, 4) is 0 Å². The number of hydrogen-bond acceptors (Lipinski definition) is 3. The summed E-state index contributed by atoms with van der Waals surface area (Å²) in [6.07, 6.45) is 3.98. The highest BCUT2D eigenvalue weighted by Crippen LogP contribution is 2.34. The van der Waals surface area contributed by atoms with Crippen molar-refractivity contribution in [1.82, 2.24) is 4.90 Å². The SMILES string of the molecule is CCN(CC)C(=O)OC(C1CCCCC1)C(O)c1ccc(C)cc1. The van der Waals surface area contributed by atoms with E-state index in [-0.39, 0.29) is 12.0 Å². The molecular weight excluding hydrogens is 302 g/mol. The monoisotopic (exact) mass is 333 g/mol. The van der Waals surface area contributed by atoms with Crippen molar-refractivity contribution in [3.63, 3.8) is 0 Å². The minimum Gasteiger partial charge on any atom is -0.443 e. The van der Waals surface area contributed by atoms with Crippen molar-refractivity contribution in [2.75, 3.05) is 13.1 Å². The lowest BCUT2D eigenvalue weighted by Crippen LogP contribution is -2.40. The fourth-order valence-electron chi connectivity index (χ4n) is 3.51. The molecule has 1 aromatic carbocycles. The molecule has 1 saturated carbocycles. The van der Waals surface area contributed by atoms with Crippen LogP contribution in [0.4, 0.5) is 4.79 Å². The Labute approximate surface area is 145 Å². The van der Waals surface area contributed by atoms with E-state index >= 15 is 0 Å². The van der Waals surface area contributed by atoms with Crippen molar-refractivity contribution in [1.29, 1.82) is 0 Å². The first kappa shape index (κ1) is 18.8. The van der Waals surface area contributed by atoms with E-state index in [0.29, 0.717) is 13.1 Å². The molecule has 1 amide bonds. The van der Waals surface area contributed by atoms with Gasteiger partial charge in [-0.3, -0.25) is 0 Å². The Balaban J connectivity index is 2.18. The van der Waals surface area contributed by atoms with Gasteiger partial charge in [0.05, 0.1) is 0 Å². The molecular formula is C20H31NO3. The highest BCUT2D eigenvalue weighted by atomic mass is 16.6. The van der Waals surface area contributed by atoms with Gasteiger partial charge in [0.15, 0.2) is 0 Å². The zero-order valence-corrected chi connectivity index (χ0v) is 15.2. The second-order valence-electron chi connectivity index (χ2n) is 6.77. The third kappa shape index (κ3) is 4.73. The molecule has 2 atom stereocenters. The molecule has 1 N–H and O–H groups in total. The highest BCUT2D eigenvalue weighted by Gasteiger charge is 2.34. The quantitative estimate of drug-likeness (QED) is 0.836. The van der Waals surface area contributed by atoms with Crippen molar-refractivity contribution >= 4 is 6.09 Å². The molecule has 24 heavy (non-hydrogen) atoms. The number of amides is 1. The van der Waals surface area contributed by atoms with Gasteiger partial charge in [-0.05, 0) is 45.1 Å². The van der Waals surface area contributed by atoms with Gasteiger partial charge in [-0.25, -0.2) is 4.79 Å². The molecule has 0 saturated heterocycles. The molecule has 2 rings (SSSR count).